The molecule has 1 N–H and O–H groups in total. The van der Waals surface area contributed by atoms with E-state index >= 15 is 0 Å². The highest BCUT2D eigenvalue weighted by Crippen LogP contribution is 2.28. The van der Waals surface area contributed by atoms with Gasteiger partial charge in [0.2, 0.25) is 5.76 Å². The van der Waals surface area contributed by atoms with Gasteiger partial charge in [0.15, 0.2) is 0 Å². The molecule has 1 aliphatic heterocycles. The first-order valence-electron chi connectivity index (χ1n) is 9.95. The summed E-state index contributed by atoms with van der Waals surface area (Å²) >= 11 is 0. The molecule has 2 amide bonds. The molecule has 2 fully saturated rings. The standard InChI is InChI=1S/C20H25N5O3/c1-13-11-22-17(12-21-13)20(27)25-8-6-14(7-9-25)16-10-18(28-24-16)19(26)23-15-4-2-3-5-15/h10-12,14-15H,2-9H2,1H3,(H,23,26). The molecule has 0 bridgehead atoms. The second-order valence-corrected chi connectivity index (χ2v) is 7.68. The van der Waals surface area contributed by atoms with Crippen molar-refractivity contribution in [3.05, 3.63) is 41.3 Å². The summed E-state index contributed by atoms with van der Waals surface area (Å²) in [6.07, 6.45) is 9.08. The van der Waals surface area contributed by atoms with Crippen molar-refractivity contribution in [3.63, 3.8) is 0 Å². The van der Waals surface area contributed by atoms with E-state index in [0.717, 1.165) is 49.9 Å². The number of aryl methyl sites for hydroxylation is 1. The van der Waals surface area contributed by atoms with Crippen LogP contribution in [0.25, 0.3) is 0 Å². The average Bonchev–Trinajstić information content (AvgIpc) is 3.40. The fourth-order valence-corrected chi connectivity index (χ4v) is 3.96. The van der Waals surface area contributed by atoms with Crippen molar-refractivity contribution in [2.75, 3.05) is 13.1 Å². The predicted octanol–water partition coefficient (Wildman–Crippen LogP) is 2.47. The number of amides is 2. The summed E-state index contributed by atoms with van der Waals surface area (Å²) in [5.74, 6) is 0.180. The minimum absolute atomic E-state index is 0.0947. The van der Waals surface area contributed by atoms with Gasteiger partial charge < -0.3 is 14.7 Å². The number of aromatic nitrogens is 3. The lowest BCUT2D eigenvalue weighted by Gasteiger charge is -2.30. The van der Waals surface area contributed by atoms with Crippen LogP contribution in [0.5, 0.6) is 0 Å². The maximum atomic E-state index is 12.5. The molecule has 148 valence electrons. The number of piperidine rings is 1. The normalized spacial score (nSPS) is 18.4. The molecule has 4 rings (SSSR count). The van der Waals surface area contributed by atoms with Crippen LogP contribution in [0.3, 0.4) is 0 Å². The molecule has 2 aliphatic rings. The van der Waals surface area contributed by atoms with Crippen LogP contribution in [0.4, 0.5) is 0 Å². The Balaban J connectivity index is 1.32. The van der Waals surface area contributed by atoms with E-state index in [1.165, 1.54) is 6.20 Å². The SMILES string of the molecule is Cc1cnc(C(=O)N2CCC(c3cc(C(=O)NC4CCCC4)on3)CC2)cn1. The Morgan fingerprint density at radius 1 is 1.11 bits per heavy atom. The van der Waals surface area contributed by atoms with Crippen LogP contribution < -0.4 is 5.32 Å². The molecule has 3 heterocycles. The highest BCUT2D eigenvalue weighted by atomic mass is 16.5. The molecule has 0 unspecified atom stereocenters. The number of hydrogen-bond acceptors (Lipinski definition) is 6. The van der Waals surface area contributed by atoms with Gasteiger partial charge in [-0.1, -0.05) is 18.0 Å². The third kappa shape index (κ3) is 4.05. The summed E-state index contributed by atoms with van der Waals surface area (Å²) in [5.41, 5.74) is 1.95. The molecule has 0 spiro atoms. The summed E-state index contributed by atoms with van der Waals surface area (Å²) in [4.78, 5) is 35.0. The van der Waals surface area contributed by atoms with Crippen molar-refractivity contribution >= 4 is 11.8 Å². The topological polar surface area (TPSA) is 101 Å². The lowest BCUT2D eigenvalue weighted by Crippen LogP contribution is -2.38. The van der Waals surface area contributed by atoms with E-state index in [1.54, 1.807) is 17.2 Å². The zero-order chi connectivity index (χ0) is 19.5. The third-order valence-corrected chi connectivity index (χ3v) is 5.64. The summed E-state index contributed by atoms with van der Waals surface area (Å²) in [6.45, 7) is 3.08. The quantitative estimate of drug-likeness (QED) is 0.870. The van der Waals surface area contributed by atoms with Crippen LogP contribution in [-0.2, 0) is 0 Å². The van der Waals surface area contributed by atoms with Crippen LogP contribution in [0.2, 0.25) is 0 Å². The minimum atomic E-state index is -0.184. The first-order valence-corrected chi connectivity index (χ1v) is 9.95. The van der Waals surface area contributed by atoms with Crippen LogP contribution in [-0.4, -0.2) is 51.0 Å². The molecule has 1 saturated heterocycles. The monoisotopic (exact) mass is 383 g/mol. The van der Waals surface area contributed by atoms with Crippen molar-refractivity contribution in [1.82, 2.24) is 25.3 Å². The van der Waals surface area contributed by atoms with Gasteiger partial charge in [0.25, 0.3) is 11.8 Å². The third-order valence-electron chi connectivity index (χ3n) is 5.64. The molecule has 2 aromatic rings. The lowest BCUT2D eigenvalue weighted by molar-refractivity contribution is 0.0704. The van der Waals surface area contributed by atoms with E-state index < -0.39 is 0 Å². The zero-order valence-corrected chi connectivity index (χ0v) is 16.1. The first kappa shape index (κ1) is 18.6. The molecule has 8 nitrogen and oxygen atoms in total. The van der Waals surface area contributed by atoms with Gasteiger partial charge in [-0.2, -0.15) is 0 Å². The van der Waals surface area contributed by atoms with Gasteiger partial charge in [-0.05, 0) is 32.6 Å². The number of nitrogens with zero attached hydrogens (tertiary/aromatic N) is 4. The van der Waals surface area contributed by atoms with E-state index in [2.05, 4.69) is 20.4 Å². The molecular weight excluding hydrogens is 358 g/mol. The number of rotatable bonds is 4. The van der Waals surface area contributed by atoms with Gasteiger partial charge >= 0.3 is 0 Å². The number of carbonyl (C=O) groups excluding carboxylic acids is 2. The van der Waals surface area contributed by atoms with E-state index in [0.29, 0.717) is 18.8 Å². The van der Waals surface area contributed by atoms with Crippen molar-refractivity contribution in [3.8, 4) is 0 Å². The van der Waals surface area contributed by atoms with Crippen molar-refractivity contribution in [2.45, 2.75) is 57.4 Å². The Kier molecular flexibility index (Phi) is 5.36. The van der Waals surface area contributed by atoms with Crippen LogP contribution in [0, 0.1) is 6.92 Å². The number of likely N-dealkylation sites (tertiary alicyclic amines) is 1. The summed E-state index contributed by atoms with van der Waals surface area (Å²) < 4.78 is 5.28. The van der Waals surface area contributed by atoms with Gasteiger partial charge in [0, 0.05) is 37.3 Å². The second kappa shape index (κ2) is 8.08. The fourth-order valence-electron chi connectivity index (χ4n) is 3.96. The molecule has 0 atom stereocenters. The number of carbonyl (C=O) groups is 2. The van der Waals surface area contributed by atoms with Gasteiger partial charge in [0.05, 0.1) is 17.6 Å². The maximum absolute atomic E-state index is 12.5. The Morgan fingerprint density at radius 2 is 1.86 bits per heavy atom. The zero-order valence-electron chi connectivity index (χ0n) is 16.1. The Morgan fingerprint density at radius 3 is 2.54 bits per heavy atom. The predicted molar refractivity (Wildman–Crippen MR) is 101 cm³/mol. The highest BCUT2D eigenvalue weighted by molar-refractivity contribution is 5.92. The van der Waals surface area contributed by atoms with Gasteiger partial charge in [-0.15, -0.1) is 0 Å². The Bertz CT molecular complexity index is 834. The highest BCUT2D eigenvalue weighted by Gasteiger charge is 2.28. The van der Waals surface area contributed by atoms with Crippen LogP contribution >= 0.6 is 0 Å². The second-order valence-electron chi connectivity index (χ2n) is 7.68. The van der Waals surface area contributed by atoms with Gasteiger partial charge in [-0.25, -0.2) is 4.98 Å². The Labute approximate surface area is 163 Å². The van der Waals surface area contributed by atoms with Crippen LogP contribution in [0.1, 0.15) is 76.9 Å². The van der Waals surface area contributed by atoms with Gasteiger partial charge in [-0.3, -0.25) is 14.6 Å². The van der Waals surface area contributed by atoms with Crippen molar-refractivity contribution < 1.29 is 14.1 Å². The maximum Gasteiger partial charge on any atom is 0.290 e. The molecule has 0 radical (unpaired) electrons. The van der Waals surface area contributed by atoms with Crippen LogP contribution in [0.15, 0.2) is 23.0 Å². The van der Waals surface area contributed by atoms with Crippen molar-refractivity contribution in [2.24, 2.45) is 0 Å². The summed E-state index contributed by atoms with van der Waals surface area (Å²) in [7, 11) is 0. The van der Waals surface area contributed by atoms with E-state index in [4.69, 9.17) is 4.52 Å². The summed E-state index contributed by atoms with van der Waals surface area (Å²) in [5, 5.41) is 7.13. The molecule has 1 aliphatic carbocycles. The van der Waals surface area contributed by atoms with E-state index in [-0.39, 0.29) is 29.5 Å². The molecular formula is C20H25N5O3. The first-order chi connectivity index (χ1) is 13.6. The Hall–Kier alpha value is -2.77. The van der Waals surface area contributed by atoms with E-state index in [1.807, 2.05) is 6.92 Å². The van der Waals surface area contributed by atoms with E-state index in [9.17, 15) is 9.59 Å². The average molecular weight is 383 g/mol. The number of hydrogen-bond donors (Lipinski definition) is 1. The molecule has 28 heavy (non-hydrogen) atoms. The number of nitrogens with one attached hydrogen (secondary N) is 1. The molecule has 8 heteroatoms. The smallest absolute Gasteiger partial charge is 0.290 e. The van der Waals surface area contributed by atoms with Crippen molar-refractivity contribution in [1.29, 1.82) is 0 Å². The summed E-state index contributed by atoms with van der Waals surface area (Å²) in [6, 6.07) is 2.00. The fraction of sp³-hybridized carbons (Fsp3) is 0.550. The molecule has 0 aromatic carbocycles. The largest absolute Gasteiger partial charge is 0.351 e. The minimum Gasteiger partial charge on any atom is -0.351 e. The molecule has 2 aromatic heterocycles. The van der Waals surface area contributed by atoms with Gasteiger partial charge in [0.1, 0.15) is 5.69 Å². The lowest BCUT2D eigenvalue weighted by atomic mass is 9.93. The molecule has 1 saturated carbocycles.